The highest BCUT2D eigenvalue weighted by atomic mass is 32.3. The summed E-state index contributed by atoms with van der Waals surface area (Å²) >= 11 is 0. The van der Waals surface area contributed by atoms with E-state index in [1.807, 2.05) is 0 Å². The van der Waals surface area contributed by atoms with E-state index in [0.29, 0.717) is 0 Å². The van der Waals surface area contributed by atoms with Crippen molar-refractivity contribution >= 4 is 20.8 Å². The molecule has 1 saturated heterocycles. The predicted octanol–water partition coefficient (Wildman–Crippen LogP) is 0.991. The molecule has 0 aromatic rings. The van der Waals surface area contributed by atoms with Crippen LogP contribution >= 0.6 is 0 Å². The molecular formula is C13H26O10S2. The molecule has 0 bridgehead atoms. The van der Waals surface area contributed by atoms with Crippen molar-refractivity contribution in [3.63, 3.8) is 0 Å². The Morgan fingerprint density at radius 2 is 1.32 bits per heavy atom. The van der Waals surface area contributed by atoms with Crippen LogP contribution in [0.4, 0.5) is 0 Å². The fourth-order valence-electron chi connectivity index (χ4n) is 2.57. The number of rotatable bonds is 5. The topological polar surface area (TPSA) is 146 Å². The molecule has 0 radical (unpaired) electrons. The summed E-state index contributed by atoms with van der Waals surface area (Å²) in [5, 5.41) is 0. The molecule has 1 aliphatic heterocycles. The van der Waals surface area contributed by atoms with E-state index < -0.39 is 56.2 Å². The third kappa shape index (κ3) is 7.83. The molecule has 4 atom stereocenters. The minimum Gasteiger partial charge on any atom is -0.372 e. The first-order chi connectivity index (χ1) is 10.9. The van der Waals surface area contributed by atoms with Gasteiger partial charge in [-0.05, 0) is 26.2 Å². The van der Waals surface area contributed by atoms with E-state index in [1.54, 1.807) is 41.5 Å². The highest BCUT2D eigenvalue weighted by Gasteiger charge is 2.51. The van der Waals surface area contributed by atoms with E-state index >= 15 is 0 Å². The smallest absolute Gasteiger partial charge is 0.372 e. The number of hydrogen-bond acceptors (Lipinski definition) is 8. The van der Waals surface area contributed by atoms with Crippen LogP contribution in [0, 0.1) is 5.41 Å². The Morgan fingerprint density at radius 1 is 0.880 bits per heavy atom. The van der Waals surface area contributed by atoms with Crippen molar-refractivity contribution in [2.24, 2.45) is 5.41 Å². The molecule has 4 unspecified atom stereocenters. The molecule has 0 aliphatic carbocycles. The molecule has 0 spiro atoms. The molecule has 1 rings (SSSR count). The zero-order valence-corrected chi connectivity index (χ0v) is 16.6. The van der Waals surface area contributed by atoms with Gasteiger partial charge >= 0.3 is 20.8 Å². The van der Waals surface area contributed by atoms with E-state index in [4.69, 9.17) is 18.6 Å². The van der Waals surface area contributed by atoms with E-state index in [9.17, 15) is 16.8 Å². The molecule has 1 heterocycles. The maximum absolute atomic E-state index is 11.2. The maximum Gasteiger partial charge on any atom is 0.397 e. The lowest BCUT2D eigenvalue weighted by Gasteiger charge is -2.46. The quantitative estimate of drug-likeness (QED) is 0.634. The van der Waals surface area contributed by atoms with E-state index in [2.05, 4.69) is 8.37 Å². The molecule has 12 heteroatoms. The van der Waals surface area contributed by atoms with Gasteiger partial charge in [0, 0.05) is 0 Å². The van der Waals surface area contributed by atoms with Gasteiger partial charge < -0.3 is 9.47 Å². The summed E-state index contributed by atoms with van der Waals surface area (Å²) in [5.74, 6) is 0. The summed E-state index contributed by atoms with van der Waals surface area (Å²) in [4.78, 5) is 0. The van der Waals surface area contributed by atoms with Gasteiger partial charge in [-0.1, -0.05) is 20.8 Å². The Kier molecular flexibility index (Phi) is 6.67. The van der Waals surface area contributed by atoms with Crippen LogP contribution < -0.4 is 0 Å². The molecule has 0 amide bonds. The average molecular weight is 406 g/mol. The summed E-state index contributed by atoms with van der Waals surface area (Å²) in [7, 11) is -9.93. The zero-order valence-electron chi connectivity index (χ0n) is 15.0. The zero-order chi connectivity index (χ0) is 19.8. The third-order valence-electron chi connectivity index (χ3n) is 3.25. The van der Waals surface area contributed by atoms with Crippen LogP contribution in [-0.4, -0.2) is 62.6 Å². The van der Waals surface area contributed by atoms with Gasteiger partial charge in [0.15, 0.2) is 0 Å². The SMILES string of the molecule is CC(C)(C)OC1COC(C(C)(C)C)C(OS(=O)(=O)O)C1OS(=O)(=O)O. The molecule has 2 N–H and O–H groups in total. The first-order valence-corrected chi connectivity index (χ1v) is 10.2. The minimum atomic E-state index is -4.96. The van der Waals surface area contributed by atoms with E-state index in [1.165, 1.54) is 0 Å². The Bertz CT molecular complexity index is 656. The normalized spacial score (nSPS) is 29.6. The van der Waals surface area contributed by atoms with Crippen molar-refractivity contribution in [3.05, 3.63) is 0 Å². The van der Waals surface area contributed by atoms with Gasteiger partial charge in [-0.3, -0.25) is 9.11 Å². The first kappa shape index (κ1) is 22.7. The summed E-state index contributed by atoms with van der Waals surface area (Å²) in [6.07, 6.45) is -5.18. The van der Waals surface area contributed by atoms with Crippen LogP contribution in [0.15, 0.2) is 0 Å². The standard InChI is InChI=1S/C13H26O10S2/c1-12(2,3)11-10(23-25(17,18)19)9(22-24(14,15)16)8(7-20-11)21-13(4,5)6/h8-11H,7H2,1-6H3,(H,14,15,16)(H,17,18,19). The fourth-order valence-corrected chi connectivity index (χ4v) is 3.58. The Hall–Kier alpha value is -0.340. The predicted molar refractivity (Wildman–Crippen MR) is 86.7 cm³/mol. The lowest BCUT2D eigenvalue weighted by molar-refractivity contribution is -0.229. The van der Waals surface area contributed by atoms with E-state index in [0.717, 1.165) is 0 Å². The molecule has 0 aromatic heterocycles. The minimum absolute atomic E-state index is 0.134. The average Bonchev–Trinajstić information content (AvgIpc) is 2.26. The summed E-state index contributed by atoms with van der Waals surface area (Å²) in [6.45, 7) is 10.0. The van der Waals surface area contributed by atoms with Crippen molar-refractivity contribution in [2.75, 3.05) is 6.61 Å². The Morgan fingerprint density at radius 3 is 1.68 bits per heavy atom. The lowest BCUT2D eigenvalue weighted by Crippen LogP contribution is -2.61. The van der Waals surface area contributed by atoms with Gasteiger partial charge in [-0.2, -0.15) is 16.8 Å². The van der Waals surface area contributed by atoms with Crippen LogP contribution in [0.25, 0.3) is 0 Å². The van der Waals surface area contributed by atoms with Crippen molar-refractivity contribution in [2.45, 2.75) is 71.6 Å². The molecule has 1 aliphatic rings. The van der Waals surface area contributed by atoms with Crippen molar-refractivity contribution < 1.29 is 43.8 Å². The molecule has 0 saturated carbocycles. The monoisotopic (exact) mass is 406 g/mol. The molecule has 0 aromatic carbocycles. The molecule has 150 valence electrons. The summed E-state index contributed by atoms with van der Waals surface area (Å²) in [5.41, 5.74) is -1.46. The highest BCUT2D eigenvalue weighted by Crippen LogP contribution is 2.36. The molecule has 1 fully saturated rings. The largest absolute Gasteiger partial charge is 0.397 e. The van der Waals surface area contributed by atoms with Crippen LogP contribution in [-0.2, 0) is 38.6 Å². The van der Waals surface area contributed by atoms with E-state index in [-0.39, 0.29) is 6.61 Å². The van der Waals surface area contributed by atoms with Gasteiger partial charge in [-0.25, -0.2) is 8.37 Å². The molecule has 25 heavy (non-hydrogen) atoms. The van der Waals surface area contributed by atoms with Gasteiger partial charge in [0.05, 0.1) is 18.3 Å². The fraction of sp³-hybridized carbons (Fsp3) is 1.00. The van der Waals surface area contributed by atoms with Crippen molar-refractivity contribution in [1.82, 2.24) is 0 Å². The van der Waals surface area contributed by atoms with Crippen LogP contribution in [0.5, 0.6) is 0 Å². The second kappa shape index (κ2) is 7.35. The van der Waals surface area contributed by atoms with Gasteiger partial charge in [0.1, 0.15) is 18.3 Å². The summed E-state index contributed by atoms with van der Waals surface area (Å²) in [6, 6.07) is 0. The first-order valence-electron chi connectivity index (χ1n) is 7.50. The third-order valence-corrected chi connectivity index (χ3v) is 4.18. The Labute approximate surface area is 148 Å². The Balaban J connectivity index is 3.34. The highest BCUT2D eigenvalue weighted by molar-refractivity contribution is 7.81. The van der Waals surface area contributed by atoms with Gasteiger partial charge in [0.2, 0.25) is 0 Å². The van der Waals surface area contributed by atoms with Crippen molar-refractivity contribution in [3.8, 4) is 0 Å². The van der Waals surface area contributed by atoms with Crippen LogP contribution in [0.1, 0.15) is 41.5 Å². The molecular weight excluding hydrogens is 380 g/mol. The second-order valence-corrected chi connectivity index (χ2v) is 9.96. The van der Waals surface area contributed by atoms with Gasteiger partial charge in [0.25, 0.3) is 0 Å². The second-order valence-electron chi connectivity index (χ2n) is 7.87. The lowest BCUT2D eigenvalue weighted by atomic mass is 9.81. The van der Waals surface area contributed by atoms with Crippen LogP contribution in [0.2, 0.25) is 0 Å². The number of hydrogen-bond donors (Lipinski definition) is 2. The van der Waals surface area contributed by atoms with Crippen LogP contribution in [0.3, 0.4) is 0 Å². The van der Waals surface area contributed by atoms with Crippen molar-refractivity contribution in [1.29, 1.82) is 0 Å². The van der Waals surface area contributed by atoms with Gasteiger partial charge in [-0.15, -0.1) is 0 Å². The number of ether oxygens (including phenoxy) is 2. The molecule has 10 nitrogen and oxygen atoms in total. The maximum atomic E-state index is 11.2. The summed E-state index contributed by atoms with van der Waals surface area (Å²) < 4.78 is 83.7.